The summed E-state index contributed by atoms with van der Waals surface area (Å²) < 4.78 is 8.64. The van der Waals surface area contributed by atoms with Crippen molar-refractivity contribution >= 4 is 11.9 Å². The van der Waals surface area contributed by atoms with Gasteiger partial charge in [0.1, 0.15) is 0 Å². The van der Waals surface area contributed by atoms with E-state index in [-0.39, 0.29) is 0 Å². The second-order valence-corrected chi connectivity index (χ2v) is 13.6. The second-order valence-electron chi connectivity index (χ2n) is 12.2. The van der Waals surface area contributed by atoms with Crippen LogP contribution >= 0.6 is 11.9 Å². The highest BCUT2D eigenvalue weighted by atomic mass is 32.2. The number of nitrogens with zero attached hydrogens (tertiary/aromatic N) is 3. The van der Waals surface area contributed by atoms with Gasteiger partial charge in [-0.3, -0.25) is 9.21 Å². The summed E-state index contributed by atoms with van der Waals surface area (Å²) in [6, 6.07) is 2.16. The van der Waals surface area contributed by atoms with E-state index >= 15 is 0 Å². The zero-order valence-electron chi connectivity index (χ0n) is 20.7. The molecule has 0 aromatic carbocycles. The van der Waals surface area contributed by atoms with Crippen LogP contribution in [-0.4, -0.2) is 82.4 Å². The summed E-state index contributed by atoms with van der Waals surface area (Å²) in [5.41, 5.74) is 1.03. The molecule has 2 atom stereocenters. The Morgan fingerprint density at radius 1 is 0.903 bits per heavy atom. The molecular formula is C26H47N3OS. The van der Waals surface area contributed by atoms with Crippen molar-refractivity contribution < 1.29 is 4.74 Å². The van der Waals surface area contributed by atoms with Crippen LogP contribution in [0.5, 0.6) is 0 Å². The first-order valence-electron chi connectivity index (χ1n) is 13.4. The van der Waals surface area contributed by atoms with E-state index in [0.717, 1.165) is 36.5 Å². The van der Waals surface area contributed by atoms with Crippen LogP contribution in [-0.2, 0) is 4.74 Å². The van der Waals surface area contributed by atoms with E-state index in [1.807, 2.05) is 0 Å². The monoisotopic (exact) mass is 449 g/mol. The molecule has 1 aliphatic carbocycles. The van der Waals surface area contributed by atoms with E-state index in [1.54, 1.807) is 0 Å². The normalized spacial score (nSPS) is 41.2. The largest absolute Gasteiger partial charge is 0.379 e. The maximum atomic E-state index is 5.89. The predicted octanol–water partition coefficient (Wildman–Crippen LogP) is 5.03. The van der Waals surface area contributed by atoms with Gasteiger partial charge < -0.3 is 9.64 Å². The first kappa shape index (κ1) is 23.0. The summed E-state index contributed by atoms with van der Waals surface area (Å²) in [6.45, 7) is 16.8. The fraction of sp³-hybridized carbons (Fsp3) is 1.00. The molecule has 4 saturated heterocycles. The van der Waals surface area contributed by atoms with Crippen molar-refractivity contribution in [3.63, 3.8) is 0 Å². The third-order valence-electron chi connectivity index (χ3n) is 9.53. The van der Waals surface area contributed by atoms with Crippen LogP contribution in [0.3, 0.4) is 0 Å². The lowest BCUT2D eigenvalue weighted by atomic mass is 9.64. The molecule has 1 saturated carbocycles. The predicted molar refractivity (Wildman–Crippen MR) is 131 cm³/mol. The van der Waals surface area contributed by atoms with E-state index in [0.29, 0.717) is 17.0 Å². The number of rotatable bonds is 5. The number of ether oxygens (including phenoxy) is 1. The molecule has 31 heavy (non-hydrogen) atoms. The molecule has 4 heterocycles. The second kappa shape index (κ2) is 9.09. The molecule has 0 bridgehead atoms. The average molecular weight is 450 g/mol. The molecule has 4 aliphatic heterocycles. The first-order valence-corrected chi connectivity index (χ1v) is 14.3. The third-order valence-corrected chi connectivity index (χ3v) is 10.8. The van der Waals surface area contributed by atoms with E-state index in [4.69, 9.17) is 4.74 Å². The fourth-order valence-corrected chi connectivity index (χ4v) is 9.70. The van der Waals surface area contributed by atoms with Crippen LogP contribution in [0.4, 0.5) is 0 Å². The van der Waals surface area contributed by atoms with Crippen LogP contribution in [0.15, 0.2) is 0 Å². The van der Waals surface area contributed by atoms with Gasteiger partial charge >= 0.3 is 0 Å². The lowest BCUT2D eigenvalue weighted by molar-refractivity contribution is 0.00952. The minimum Gasteiger partial charge on any atom is -0.379 e. The number of hydrogen-bond acceptors (Lipinski definition) is 5. The van der Waals surface area contributed by atoms with E-state index < -0.39 is 0 Å². The Labute approximate surface area is 195 Å². The molecule has 2 unspecified atom stereocenters. The van der Waals surface area contributed by atoms with Crippen LogP contribution in [0.1, 0.15) is 85.5 Å². The molecule has 0 amide bonds. The van der Waals surface area contributed by atoms with Crippen LogP contribution < -0.4 is 0 Å². The van der Waals surface area contributed by atoms with Gasteiger partial charge in [-0.15, -0.1) is 0 Å². The van der Waals surface area contributed by atoms with E-state index in [1.165, 1.54) is 84.0 Å². The Bertz CT molecular complexity index is 606. The number of hydrogen-bond donors (Lipinski definition) is 0. The Hall–Kier alpha value is 0.190. The summed E-state index contributed by atoms with van der Waals surface area (Å²) >= 11 is 2.24. The Kier molecular flexibility index (Phi) is 6.73. The lowest BCUT2D eigenvalue weighted by Crippen LogP contribution is -2.55. The highest BCUT2D eigenvalue weighted by molar-refractivity contribution is 7.97. The molecule has 5 heteroatoms. The molecule has 178 valence electrons. The Morgan fingerprint density at radius 2 is 1.68 bits per heavy atom. The summed E-state index contributed by atoms with van der Waals surface area (Å²) in [4.78, 5) is 5.65. The maximum Gasteiger partial charge on any atom is 0.0651 e. The van der Waals surface area contributed by atoms with Crippen molar-refractivity contribution in [2.45, 2.75) is 114 Å². The molecule has 0 aromatic heterocycles. The van der Waals surface area contributed by atoms with Crippen molar-refractivity contribution in [3.8, 4) is 0 Å². The topological polar surface area (TPSA) is 19.0 Å². The molecule has 0 radical (unpaired) electrons. The Balaban J connectivity index is 1.09. The van der Waals surface area contributed by atoms with Gasteiger partial charge in [0, 0.05) is 55.2 Å². The molecule has 5 rings (SSSR count). The molecule has 0 N–H and O–H groups in total. The van der Waals surface area contributed by atoms with Gasteiger partial charge in [-0.25, -0.2) is 0 Å². The molecule has 2 spiro atoms. The zero-order valence-corrected chi connectivity index (χ0v) is 21.5. The van der Waals surface area contributed by atoms with Crippen LogP contribution in [0.25, 0.3) is 0 Å². The smallest absolute Gasteiger partial charge is 0.0651 e. The standard InChI is InChI=1S/C26H47N3OS/c1-20(2)27-12-5-9-25(18-27)16-23(17-25)31-28-13-7-22(8-14-28)24-6-10-26(11-15-30-19-26)29(24)21(3)4/h20-24H,5-19H2,1-4H3. The fourth-order valence-electron chi connectivity index (χ4n) is 8.00. The Morgan fingerprint density at radius 3 is 2.32 bits per heavy atom. The summed E-state index contributed by atoms with van der Waals surface area (Å²) in [6.07, 6.45) is 12.6. The van der Waals surface area contributed by atoms with Gasteiger partial charge in [-0.1, -0.05) is 11.9 Å². The van der Waals surface area contributed by atoms with Crippen molar-refractivity contribution in [1.82, 2.24) is 14.1 Å². The molecule has 4 nitrogen and oxygen atoms in total. The van der Waals surface area contributed by atoms with Crippen LogP contribution in [0.2, 0.25) is 0 Å². The van der Waals surface area contributed by atoms with Crippen molar-refractivity contribution in [1.29, 1.82) is 0 Å². The highest BCUT2D eigenvalue weighted by Crippen LogP contribution is 2.53. The quantitative estimate of drug-likeness (QED) is 0.547. The van der Waals surface area contributed by atoms with Gasteiger partial charge in [-0.05, 0) is 103 Å². The minimum absolute atomic E-state index is 0.370. The molecular weight excluding hydrogens is 402 g/mol. The summed E-state index contributed by atoms with van der Waals surface area (Å²) in [7, 11) is 0. The van der Waals surface area contributed by atoms with E-state index in [9.17, 15) is 0 Å². The first-order chi connectivity index (χ1) is 14.9. The molecule has 5 aliphatic rings. The van der Waals surface area contributed by atoms with E-state index in [2.05, 4.69) is 53.7 Å². The minimum atomic E-state index is 0.370. The van der Waals surface area contributed by atoms with Crippen molar-refractivity contribution in [2.24, 2.45) is 11.3 Å². The van der Waals surface area contributed by atoms with Gasteiger partial charge in [-0.2, -0.15) is 0 Å². The third kappa shape index (κ3) is 4.48. The van der Waals surface area contributed by atoms with Gasteiger partial charge in [0.25, 0.3) is 0 Å². The highest BCUT2D eigenvalue weighted by Gasteiger charge is 2.52. The zero-order chi connectivity index (χ0) is 21.6. The number of likely N-dealkylation sites (tertiary alicyclic amines) is 2. The van der Waals surface area contributed by atoms with Crippen molar-refractivity contribution in [2.75, 3.05) is 39.4 Å². The number of piperidine rings is 2. The van der Waals surface area contributed by atoms with Gasteiger partial charge in [0.15, 0.2) is 0 Å². The summed E-state index contributed by atoms with van der Waals surface area (Å²) in [5, 5.41) is 0.890. The summed E-state index contributed by atoms with van der Waals surface area (Å²) in [5.74, 6) is 0.893. The van der Waals surface area contributed by atoms with Gasteiger partial charge in [0.2, 0.25) is 0 Å². The van der Waals surface area contributed by atoms with Gasteiger partial charge in [0.05, 0.1) is 6.61 Å². The molecule has 0 aromatic rings. The molecule has 5 fully saturated rings. The average Bonchev–Trinajstić information content (AvgIpc) is 3.35. The van der Waals surface area contributed by atoms with Crippen LogP contribution in [0, 0.1) is 11.3 Å². The lowest BCUT2D eigenvalue weighted by Gasteiger charge is -2.54. The SMILES string of the molecule is CC(C)N1CCCC2(CC(SN3CCC(C4CCC5(CCOC5)N4C(C)C)CC3)C2)C1. The van der Waals surface area contributed by atoms with Crippen molar-refractivity contribution in [3.05, 3.63) is 0 Å². The maximum absolute atomic E-state index is 5.89.